The molecule has 2 N–H and O–H groups in total. The second kappa shape index (κ2) is 8.76. The van der Waals surface area contributed by atoms with Gasteiger partial charge in [0.05, 0.1) is 0 Å². The molecule has 0 radical (unpaired) electrons. The second-order valence-corrected chi connectivity index (χ2v) is 5.07. The van der Waals surface area contributed by atoms with Crippen LogP contribution in [0.25, 0.3) is 0 Å². The molecule has 1 aromatic carbocycles. The van der Waals surface area contributed by atoms with Gasteiger partial charge in [0.2, 0.25) is 5.95 Å². The maximum Gasteiger partial charge on any atom is 0.229 e. The van der Waals surface area contributed by atoms with Crippen LogP contribution in [0.4, 0.5) is 17.5 Å². The van der Waals surface area contributed by atoms with Crippen LogP contribution in [0.3, 0.4) is 0 Å². The molecule has 0 bridgehead atoms. The van der Waals surface area contributed by atoms with Gasteiger partial charge in [-0.05, 0) is 37.4 Å². The number of hydrogen-bond acceptors (Lipinski definition) is 5. The lowest BCUT2D eigenvalue weighted by Crippen LogP contribution is -2.28. The van der Waals surface area contributed by atoms with E-state index in [1.165, 1.54) is 0 Å². The number of aromatic nitrogens is 2. The highest BCUT2D eigenvalue weighted by atomic mass is 15.2. The number of rotatable bonds is 8. The van der Waals surface area contributed by atoms with E-state index >= 15 is 0 Å². The molecule has 2 rings (SSSR count). The minimum atomic E-state index is 0.548. The van der Waals surface area contributed by atoms with Crippen molar-refractivity contribution in [2.24, 2.45) is 0 Å². The zero-order valence-corrected chi connectivity index (χ0v) is 13.7. The van der Waals surface area contributed by atoms with Gasteiger partial charge in [0.15, 0.2) is 0 Å². The molecule has 5 nitrogen and oxygen atoms in total. The number of likely N-dealkylation sites (N-methyl/N-ethyl adjacent to an activating group) is 1. The summed E-state index contributed by atoms with van der Waals surface area (Å²) in [5.41, 5.74) is 1.70. The minimum absolute atomic E-state index is 0.548. The van der Waals surface area contributed by atoms with E-state index in [4.69, 9.17) is 6.42 Å². The first-order chi connectivity index (χ1) is 11.2. The van der Waals surface area contributed by atoms with Crippen LogP contribution in [0.5, 0.6) is 0 Å². The van der Waals surface area contributed by atoms with E-state index in [1.54, 1.807) is 6.20 Å². The number of benzene rings is 1. The van der Waals surface area contributed by atoms with Gasteiger partial charge in [-0.15, -0.1) is 6.42 Å². The Kier molecular flexibility index (Phi) is 6.40. The lowest BCUT2D eigenvalue weighted by molar-refractivity contribution is 0.316. The zero-order valence-electron chi connectivity index (χ0n) is 13.7. The molecular weight excluding hydrogens is 286 g/mol. The summed E-state index contributed by atoms with van der Waals surface area (Å²) in [6.45, 7) is 8.29. The van der Waals surface area contributed by atoms with Gasteiger partial charge in [0.1, 0.15) is 5.82 Å². The van der Waals surface area contributed by atoms with Gasteiger partial charge in [-0.2, -0.15) is 4.98 Å². The molecule has 23 heavy (non-hydrogen) atoms. The fourth-order valence-electron chi connectivity index (χ4n) is 2.22. The second-order valence-electron chi connectivity index (χ2n) is 5.07. The summed E-state index contributed by atoms with van der Waals surface area (Å²) in [7, 11) is 0. The molecule has 0 saturated carbocycles. The molecule has 120 valence electrons. The number of anilines is 3. The summed E-state index contributed by atoms with van der Waals surface area (Å²) in [6, 6.07) is 9.49. The third-order valence-corrected chi connectivity index (χ3v) is 3.57. The van der Waals surface area contributed by atoms with E-state index < -0.39 is 0 Å². The summed E-state index contributed by atoms with van der Waals surface area (Å²) in [5.74, 6) is 3.97. The van der Waals surface area contributed by atoms with Crippen LogP contribution in [0, 0.1) is 12.3 Å². The first-order valence-electron chi connectivity index (χ1n) is 7.88. The van der Waals surface area contributed by atoms with Crippen molar-refractivity contribution in [2.75, 3.05) is 36.8 Å². The Balaban J connectivity index is 1.95. The van der Waals surface area contributed by atoms with Crippen molar-refractivity contribution in [3.8, 4) is 12.3 Å². The van der Waals surface area contributed by atoms with Gasteiger partial charge in [0, 0.05) is 30.5 Å². The van der Waals surface area contributed by atoms with Crippen molar-refractivity contribution in [3.05, 3.63) is 42.1 Å². The van der Waals surface area contributed by atoms with Crippen LogP contribution in [-0.2, 0) is 0 Å². The molecule has 0 aliphatic rings. The van der Waals surface area contributed by atoms with Gasteiger partial charge in [-0.25, -0.2) is 4.98 Å². The zero-order chi connectivity index (χ0) is 16.5. The maximum absolute atomic E-state index is 5.42. The van der Waals surface area contributed by atoms with E-state index in [9.17, 15) is 0 Å². The predicted molar refractivity (Wildman–Crippen MR) is 96.0 cm³/mol. The van der Waals surface area contributed by atoms with Gasteiger partial charge >= 0.3 is 0 Å². The summed E-state index contributed by atoms with van der Waals surface area (Å²) < 4.78 is 0. The fourth-order valence-corrected chi connectivity index (χ4v) is 2.22. The molecule has 0 saturated heterocycles. The van der Waals surface area contributed by atoms with Crippen LogP contribution in [0.15, 0.2) is 36.5 Å². The molecule has 1 aromatic heterocycles. The lowest BCUT2D eigenvalue weighted by atomic mass is 10.2. The Morgan fingerprint density at radius 1 is 1.22 bits per heavy atom. The third kappa shape index (κ3) is 5.28. The normalized spacial score (nSPS) is 10.3. The van der Waals surface area contributed by atoms with Gasteiger partial charge < -0.3 is 15.5 Å². The Bertz CT molecular complexity index is 658. The smallest absolute Gasteiger partial charge is 0.229 e. The van der Waals surface area contributed by atoms with Crippen LogP contribution in [0.2, 0.25) is 0 Å². The molecule has 0 aliphatic heterocycles. The Hall–Kier alpha value is -2.58. The molecular formula is C18H23N5. The molecule has 2 aromatic rings. The third-order valence-electron chi connectivity index (χ3n) is 3.57. The van der Waals surface area contributed by atoms with Crippen molar-refractivity contribution in [1.82, 2.24) is 14.9 Å². The van der Waals surface area contributed by atoms with Crippen LogP contribution >= 0.6 is 0 Å². The average molecular weight is 309 g/mol. The molecule has 5 heteroatoms. The standard InChI is InChI=1S/C18H23N5/c1-4-15-8-7-9-16(14-15)21-18-20-11-10-17(22-18)19-12-13-23(5-2)6-3/h1,7-11,14H,5-6,12-13H2,2-3H3,(H2,19,20,21,22). The highest BCUT2D eigenvalue weighted by Gasteiger charge is 2.02. The van der Waals surface area contributed by atoms with Crippen LogP contribution in [0.1, 0.15) is 19.4 Å². The Morgan fingerprint density at radius 3 is 2.78 bits per heavy atom. The summed E-state index contributed by atoms with van der Waals surface area (Å²) >= 11 is 0. The van der Waals surface area contributed by atoms with Gasteiger partial charge in [-0.3, -0.25) is 0 Å². The van der Waals surface area contributed by atoms with E-state index in [0.717, 1.165) is 43.2 Å². The molecule has 0 fully saturated rings. The first-order valence-corrected chi connectivity index (χ1v) is 7.88. The average Bonchev–Trinajstić information content (AvgIpc) is 2.59. The van der Waals surface area contributed by atoms with Gasteiger partial charge in [-0.1, -0.05) is 25.8 Å². The summed E-state index contributed by atoms with van der Waals surface area (Å²) in [4.78, 5) is 11.1. The predicted octanol–water partition coefficient (Wildman–Crippen LogP) is 2.96. The van der Waals surface area contributed by atoms with E-state index in [0.29, 0.717) is 5.95 Å². The van der Waals surface area contributed by atoms with Gasteiger partial charge in [0.25, 0.3) is 0 Å². The van der Waals surface area contributed by atoms with E-state index in [2.05, 4.69) is 45.3 Å². The van der Waals surface area contributed by atoms with E-state index in [-0.39, 0.29) is 0 Å². The number of terminal acetylenes is 1. The molecule has 0 aliphatic carbocycles. The van der Waals surface area contributed by atoms with Crippen molar-refractivity contribution >= 4 is 17.5 Å². The number of hydrogen-bond donors (Lipinski definition) is 2. The number of nitrogens with one attached hydrogen (secondary N) is 2. The van der Waals surface area contributed by atoms with Crippen LogP contribution < -0.4 is 10.6 Å². The first kappa shape index (κ1) is 16.8. The maximum atomic E-state index is 5.42. The molecule has 1 heterocycles. The highest BCUT2D eigenvalue weighted by molar-refractivity contribution is 5.57. The monoisotopic (exact) mass is 309 g/mol. The van der Waals surface area contributed by atoms with Crippen molar-refractivity contribution in [1.29, 1.82) is 0 Å². The van der Waals surface area contributed by atoms with Crippen LogP contribution in [-0.4, -0.2) is 41.0 Å². The van der Waals surface area contributed by atoms with Crippen molar-refractivity contribution < 1.29 is 0 Å². The Morgan fingerprint density at radius 2 is 2.04 bits per heavy atom. The van der Waals surface area contributed by atoms with Crippen molar-refractivity contribution in [3.63, 3.8) is 0 Å². The summed E-state index contributed by atoms with van der Waals surface area (Å²) in [5, 5.41) is 6.50. The highest BCUT2D eigenvalue weighted by Crippen LogP contribution is 2.15. The quantitative estimate of drug-likeness (QED) is 0.734. The molecule has 0 atom stereocenters. The fraction of sp³-hybridized carbons (Fsp3) is 0.333. The molecule has 0 amide bonds. The SMILES string of the molecule is C#Cc1cccc(Nc2nccc(NCCN(CC)CC)n2)c1. The summed E-state index contributed by atoms with van der Waals surface area (Å²) in [6.07, 6.45) is 7.15. The lowest BCUT2D eigenvalue weighted by Gasteiger charge is -2.18. The largest absolute Gasteiger partial charge is 0.369 e. The minimum Gasteiger partial charge on any atom is -0.369 e. The topological polar surface area (TPSA) is 53.1 Å². The molecule has 0 unspecified atom stereocenters. The van der Waals surface area contributed by atoms with Crippen molar-refractivity contribution in [2.45, 2.75) is 13.8 Å². The Labute approximate surface area is 138 Å². The van der Waals surface area contributed by atoms with E-state index in [1.807, 2.05) is 30.3 Å². The number of nitrogens with zero attached hydrogens (tertiary/aromatic N) is 3. The molecule has 0 spiro atoms.